The van der Waals surface area contributed by atoms with Gasteiger partial charge in [-0.1, -0.05) is 29.8 Å². The third-order valence-corrected chi connectivity index (χ3v) is 2.35. The van der Waals surface area contributed by atoms with Gasteiger partial charge in [0.1, 0.15) is 6.50 Å². The molecule has 18 heavy (non-hydrogen) atoms. The maximum absolute atomic E-state index is 11.0. The van der Waals surface area contributed by atoms with E-state index in [1.807, 2.05) is 0 Å². The van der Waals surface area contributed by atoms with Gasteiger partial charge in [0.2, 0.25) is 0 Å². The van der Waals surface area contributed by atoms with Gasteiger partial charge in [-0.15, -0.1) is 10.2 Å². The molecule has 0 radical (unpaired) electrons. The lowest BCUT2D eigenvalue weighted by Crippen LogP contribution is -2.22. The molecular formula is C10H10ClN5O2. The number of tetrazole rings is 1. The van der Waals surface area contributed by atoms with Gasteiger partial charge in [0.15, 0.2) is 12.4 Å². The van der Waals surface area contributed by atoms with Gasteiger partial charge in [-0.05, 0) is 11.3 Å². The lowest BCUT2D eigenvalue weighted by molar-refractivity contribution is 0.0901. The first-order valence-electron chi connectivity index (χ1n) is 5.87. The average molecular weight is 270 g/mol. The van der Waals surface area contributed by atoms with Crippen molar-refractivity contribution in [2.75, 3.05) is 0 Å². The predicted octanol–water partition coefficient (Wildman–Crippen LogP) is 1.16. The standard InChI is InChI=1S/C10H10ClN5O2/c11-8-4-2-1-3-7(8)9(18-10(12)17)5-16-14-6-13-15-16/h1-4,6,9H,5H2,(H2,12,17)/t9-/m0/s1/i5D2. The highest BCUT2D eigenvalue weighted by atomic mass is 35.5. The van der Waals surface area contributed by atoms with E-state index in [1.165, 1.54) is 6.07 Å². The molecule has 2 rings (SSSR count). The molecule has 0 aliphatic carbocycles. The SMILES string of the molecule is [2H]C([2H])([C@H](OC(N)=O)c1ccccc1Cl)n1ncnn1. The number of aromatic nitrogens is 4. The number of benzene rings is 1. The fraction of sp³-hybridized carbons (Fsp3) is 0.200. The largest absolute Gasteiger partial charge is 0.439 e. The minimum Gasteiger partial charge on any atom is -0.439 e. The lowest BCUT2D eigenvalue weighted by atomic mass is 10.1. The minimum atomic E-state index is -2.31. The van der Waals surface area contributed by atoms with E-state index in [2.05, 4.69) is 15.4 Å². The Morgan fingerprint density at radius 3 is 3.00 bits per heavy atom. The van der Waals surface area contributed by atoms with Crippen molar-refractivity contribution < 1.29 is 12.3 Å². The summed E-state index contributed by atoms with van der Waals surface area (Å²) in [7, 11) is 0. The molecule has 0 bridgehead atoms. The minimum absolute atomic E-state index is 0.225. The fourth-order valence-corrected chi connectivity index (χ4v) is 1.53. The Kier molecular flexibility index (Phi) is 2.98. The number of nitrogens with two attached hydrogens (primary N) is 1. The summed E-state index contributed by atoms with van der Waals surface area (Å²) in [5.41, 5.74) is 5.24. The summed E-state index contributed by atoms with van der Waals surface area (Å²) in [5.74, 6) is 0. The van der Waals surface area contributed by atoms with E-state index in [4.69, 9.17) is 24.8 Å². The summed E-state index contributed by atoms with van der Waals surface area (Å²) < 4.78 is 20.9. The zero-order chi connectivity index (χ0) is 14.8. The van der Waals surface area contributed by atoms with Crippen molar-refractivity contribution in [1.29, 1.82) is 0 Å². The van der Waals surface area contributed by atoms with Crippen molar-refractivity contribution in [1.82, 2.24) is 20.2 Å². The van der Waals surface area contributed by atoms with Crippen LogP contribution in [0.15, 0.2) is 30.6 Å². The zero-order valence-corrected chi connectivity index (χ0v) is 9.78. The Balaban J connectivity index is 2.48. The molecule has 7 nitrogen and oxygen atoms in total. The molecule has 94 valence electrons. The summed E-state index contributed by atoms with van der Waals surface area (Å²) in [5, 5.41) is 10.7. The quantitative estimate of drug-likeness (QED) is 0.898. The summed E-state index contributed by atoms with van der Waals surface area (Å²) in [6, 6.07) is 6.35. The lowest BCUT2D eigenvalue weighted by Gasteiger charge is -2.17. The topological polar surface area (TPSA) is 95.9 Å². The van der Waals surface area contributed by atoms with Crippen LogP contribution in [0.1, 0.15) is 14.4 Å². The summed E-state index contributed by atoms with van der Waals surface area (Å²) in [6.07, 6.45) is -1.49. The molecule has 0 unspecified atom stereocenters. The highest BCUT2D eigenvalue weighted by Gasteiger charge is 2.19. The predicted molar refractivity (Wildman–Crippen MR) is 62.7 cm³/mol. The van der Waals surface area contributed by atoms with E-state index in [0.717, 1.165) is 6.33 Å². The molecule has 2 N–H and O–H groups in total. The average Bonchev–Trinajstić information content (AvgIpc) is 2.91. The number of halogens is 1. The van der Waals surface area contributed by atoms with Crippen LogP contribution in [0.5, 0.6) is 0 Å². The van der Waals surface area contributed by atoms with E-state index in [1.54, 1.807) is 18.2 Å². The Morgan fingerprint density at radius 2 is 2.39 bits per heavy atom. The van der Waals surface area contributed by atoms with Gasteiger partial charge in [-0.2, -0.15) is 4.80 Å². The van der Waals surface area contributed by atoms with Crippen LogP contribution in [0.2, 0.25) is 5.02 Å². The van der Waals surface area contributed by atoms with E-state index in [-0.39, 0.29) is 10.6 Å². The molecular weight excluding hydrogens is 258 g/mol. The van der Waals surface area contributed by atoms with Crippen LogP contribution in [0.4, 0.5) is 4.79 Å². The van der Waals surface area contributed by atoms with Crippen LogP contribution in [0, 0.1) is 0 Å². The van der Waals surface area contributed by atoms with Crippen molar-refractivity contribution >= 4 is 17.7 Å². The molecule has 1 amide bonds. The Bertz CT molecular complexity index is 607. The number of hydrogen-bond acceptors (Lipinski definition) is 5. The second-order valence-electron chi connectivity index (χ2n) is 3.19. The van der Waals surface area contributed by atoms with Crippen LogP contribution >= 0.6 is 11.6 Å². The van der Waals surface area contributed by atoms with Gasteiger partial charge >= 0.3 is 6.09 Å². The maximum atomic E-state index is 11.0. The molecule has 0 fully saturated rings. The second kappa shape index (κ2) is 5.46. The zero-order valence-electron chi connectivity index (χ0n) is 11.0. The van der Waals surface area contributed by atoms with Crippen molar-refractivity contribution in [3.8, 4) is 0 Å². The first-order chi connectivity index (χ1) is 9.43. The molecule has 1 atom stereocenters. The summed E-state index contributed by atoms with van der Waals surface area (Å²) >= 11 is 6.01. The molecule has 1 heterocycles. The molecule has 0 aliphatic rings. The van der Waals surface area contributed by atoms with Gasteiger partial charge in [0.05, 0.1) is 2.74 Å². The van der Waals surface area contributed by atoms with Gasteiger partial charge in [-0.3, -0.25) is 0 Å². The van der Waals surface area contributed by atoms with Gasteiger partial charge in [0, 0.05) is 10.6 Å². The Labute approximate surface area is 110 Å². The Hall–Kier alpha value is -2.15. The molecule has 0 spiro atoms. The number of carbonyl (C=O) groups excluding carboxylic acids is 1. The van der Waals surface area contributed by atoms with Crippen LogP contribution in [-0.4, -0.2) is 26.3 Å². The Morgan fingerprint density at radius 1 is 1.61 bits per heavy atom. The first kappa shape index (κ1) is 9.84. The number of ether oxygens (including phenoxy) is 1. The van der Waals surface area contributed by atoms with E-state index >= 15 is 0 Å². The number of primary amides is 1. The molecule has 1 aromatic heterocycles. The highest BCUT2D eigenvalue weighted by Crippen LogP contribution is 2.26. The van der Waals surface area contributed by atoms with Gasteiger partial charge in [-0.25, -0.2) is 4.79 Å². The third kappa shape index (κ3) is 2.95. The van der Waals surface area contributed by atoms with E-state index in [9.17, 15) is 4.79 Å². The first-order valence-corrected chi connectivity index (χ1v) is 5.24. The molecule has 1 aromatic carbocycles. The number of nitrogens with zero attached hydrogens (tertiary/aromatic N) is 4. The van der Waals surface area contributed by atoms with Gasteiger partial charge < -0.3 is 10.5 Å². The summed E-state index contributed by atoms with van der Waals surface area (Å²) in [6.45, 7) is -2.31. The third-order valence-electron chi connectivity index (χ3n) is 2.00. The van der Waals surface area contributed by atoms with Crippen molar-refractivity contribution in [2.45, 2.75) is 12.6 Å². The highest BCUT2D eigenvalue weighted by molar-refractivity contribution is 6.31. The normalized spacial score (nSPS) is 14.5. The molecule has 0 saturated heterocycles. The molecule has 0 aliphatic heterocycles. The number of carbonyl (C=O) groups is 1. The monoisotopic (exact) mass is 269 g/mol. The number of rotatable bonds is 4. The molecule has 8 heteroatoms. The van der Waals surface area contributed by atoms with E-state index < -0.39 is 18.7 Å². The smallest absolute Gasteiger partial charge is 0.405 e. The maximum Gasteiger partial charge on any atom is 0.405 e. The molecule has 0 saturated carbocycles. The van der Waals surface area contributed by atoms with E-state index in [0.29, 0.717) is 4.80 Å². The summed E-state index contributed by atoms with van der Waals surface area (Å²) in [4.78, 5) is 11.7. The van der Waals surface area contributed by atoms with Crippen molar-refractivity contribution in [3.63, 3.8) is 0 Å². The van der Waals surface area contributed by atoms with Crippen LogP contribution < -0.4 is 5.73 Å². The van der Waals surface area contributed by atoms with Crippen LogP contribution in [0.25, 0.3) is 0 Å². The van der Waals surface area contributed by atoms with Crippen LogP contribution in [-0.2, 0) is 11.2 Å². The van der Waals surface area contributed by atoms with Gasteiger partial charge in [0.25, 0.3) is 0 Å². The van der Waals surface area contributed by atoms with Crippen molar-refractivity contribution in [3.05, 3.63) is 41.2 Å². The molecule has 2 aromatic rings. The van der Waals surface area contributed by atoms with Crippen molar-refractivity contribution in [2.24, 2.45) is 5.73 Å². The van der Waals surface area contributed by atoms with Crippen LogP contribution in [0.3, 0.4) is 0 Å². The second-order valence-corrected chi connectivity index (χ2v) is 3.60. The number of hydrogen-bond donors (Lipinski definition) is 1. The number of amides is 1. The fourth-order valence-electron chi connectivity index (χ4n) is 1.29.